The van der Waals surface area contributed by atoms with E-state index in [1.807, 2.05) is 0 Å². The molecule has 3 heteroatoms. The molecule has 1 aliphatic rings. The van der Waals surface area contributed by atoms with E-state index in [4.69, 9.17) is 4.84 Å². The van der Waals surface area contributed by atoms with Crippen molar-refractivity contribution >= 4 is 12.8 Å². The monoisotopic (exact) mass is 105 g/mol. The maximum absolute atomic E-state index is 4.85. The first kappa shape index (κ1) is 4.43. The Morgan fingerprint density at radius 2 is 2.50 bits per heavy atom. The predicted molar refractivity (Wildman–Crippen MR) is 26.3 cm³/mol. The first-order chi connectivity index (χ1) is 2.89. The number of thiol groups is 1. The van der Waals surface area contributed by atoms with Gasteiger partial charge in [-0.3, -0.25) is 4.84 Å². The molecule has 0 N–H and O–H groups in total. The summed E-state index contributed by atoms with van der Waals surface area (Å²) < 4.78 is 1.56. The molecule has 0 atom stereocenters. The van der Waals surface area contributed by atoms with Gasteiger partial charge in [0.15, 0.2) is 0 Å². The van der Waals surface area contributed by atoms with Crippen molar-refractivity contribution in [3.63, 3.8) is 0 Å². The van der Waals surface area contributed by atoms with Gasteiger partial charge in [0.1, 0.15) is 0 Å². The van der Waals surface area contributed by atoms with Crippen LogP contribution in [-0.4, -0.2) is 17.6 Å². The summed E-state index contributed by atoms with van der Waals surface area (Å²) in [5, 5.41) is 0. The van der Waals surface area contributed by atoms with Crippen LogP contribution in [0.15, 0.2) is 0 Å². The second-order valence-electron chi connectivity index (χ2n) is 1.26. The van der Waals surface area contributed by atoms with Gasteiger partial charge in [-0.1, -0.05) is 12.8 Å². The van der Waals surface area contributed by atoms with Gasteiger partial charge in [-0.2, -0.15) is 0 Å². The predicted octanol–water partition coefficient (Wildman–Crippen LogP) is 0.469. The van der Waals surface area contributed by atoms with E-state index in [9.17, 15) is 0 Å². The molecule has 1 aliphatic heterocycles. The van der Waals surface area contributed by atoms with Crippen LogP contribution in [-0.2, 0) is 4.84 Å². The van der Waals surface area contributed by atoms with Crippen LogP contribution in [0.25, 0.3) is 0 Å². The normalized spacial score (nSPS) is 25.5. The highest BCUT2D eigenvalue weighted by atomic mass is 32.1. The van der Waals surface area contributed by atoms with Crippen LogP contribution in [0.4, 0.5) is 0 Å². The fourth-order valence-electron chi connectivity index (χ4n) is 0.434. The Balaban J connectivity index is 2.18. The second-order valence-corrected chi connectivity index (χ2v) is 1.71. The number of rotatable bonds is 0. The summed E-state index contributed by atoms with van der Waals surface area (Å²) in [6.07, 6.45) is 1.11. The molecule has 0 aromatic heterocycles. The molecule has 0 bridgehead atoms. The minimum Gasteiger partial charge on any atom is -0.289 e. The Bertz CT molecular complexity index is 44.1. The highest BCUT2D eigenvalue weighted by Gasteiger charge is 2.05. The van der Waals surface area contributed by atoms with E-state index < -0.39 is 0 Å². The summed E-state index contributed by atoms with van der Waals surface area (Å²) in [4.78, 5) is 4.85. The fraction of sp³-hybridized carbons (Fsp3) is 1.00. The molecular formula is C3H7NOS. The molecule has 6 heavy (non-hydrogen) atoms. The SMILES string of the molecule is SN1CCCO1. The maximum Gasteiger partial charge on any atom is 0.0709 e. The molecular weight excluding hydrogens is 98.1 g/mol. The Kier molecular flexibility index (Phi) is 1.34. The molecule has 0 unspecified atom stereocenters. The van der Waals surface area contributed by atoms with Crippen molar-refractivity contribution in [1.29, 1.82) is 0 Å². The molecule has 0 aromatic rings. The molecule has 1 saturated heterocycles. The molecule has 0 saturated carbocycles. The topological polar surface area (TPSA) is 12.5 Å². The molecule has 0 spiro atoms. The van der Waals surface area contributed by atoms with Gasteiger partial charge in [-0.15, -0.1) is 4.47 Å². The summed E-state index contributed by atoms with van der Waals surface area (Å²) in [6, 6.07) is 0. The molecule has 0 aromatic carbocycles. The van der Waals surface area contributed by atoms with Crippen molar-refractivity contribution < 1.29 is 4.84 Å². The average molecular weight is 105 g/mol. The second kappa shape index (κ2) is 1.82. The van der Waals surface area contributed by atoms with Gasteiger partial charge in [-0.05, 0) is 6.42 Å². The van der Waals surface area contributed by atoms with Crippen LogP contribution >= 0.6 is 12.8 Å². The highest BCUT2D eigenvalue weighted by Crippen LogP contribution is 2.04. The van der Waals surface area contributed by atoms with Crippen molar-refractivity contribution in [3.8, 4) is 0 Å². The van der Waals surface area contributed by atoms with Crippen molar-refractivity contribution in [2.24, 2.45) is 0 Å². The van der Waals surface area contributed by atoms with Gasteiger partial charge in [0.2, 0.25) is 0 Å². The third-order valence-electron chi connectivity index (χ3n) is 0.734. The molecule has 0 amide bonds. The van der Waals surface area contributed by atoms with E-state index in [1.54, 1.807) is 4.47 Å². The number of nitrogens with zero attached hydrogens (tertiary/aromatic N) is 1. The van der Waals surface area contributed by atoms with Crippen LogP contribution in [0.5, 0.6) is 0 Å². The molecule has 36 valence electrons. The highest BCUT2D eigenvalue weighted by molar-refractivity contribution is 7.77. The number of hydrogen-bond acceptors (Lipinski definition) is 3. The molecule has 1 rings (SSSR count). The third kappa shape index (κ3) is 0.864. The van der Waals surface area contributed by atoms with Crippen molar-refractivity contribution in [1.82, 2.24) is 4.47 Å². The number of hydroxylamine groups is 1. The lowest BCUT2D eigenvalue weighted by Gasteiger charge is -1.99. The van der Waals surface area contributed by atoms with Crippen LogP contribution in [0, 0.1) is 0 Å². The Labute approximate surface area is 42.6 Å². The van der Waals surface area contributed by atoms with E-state index in [-0.39, 0.29) is 0 Å². The zero-order valence-corrected chi connectivity index (χ0v) is 4.32. The van der Waals surface area contributed by atoms with Gasteiger partial charge in [0.25, 0.3) is 0 Å². The van der Waals surface area contributed by atoms with E-state index in [0.717, 1.165) is 19.6 Å². The standard InChI is InChI=1S/C3H7NOS/c6-4-2-1-3-5-4/h6H,1-3H2. The fourth-order valence-corrected chi connectivity index (χ4v) is 0.657. The summed E-state index contributed by atoms with van der Waals surface area (Å²) in [5.41, 5.74) is 0. The Morgan fingerprint density at radius 1 is 1.67 bits per heavy atom. The molecule has 0 radical (unpaired) electrons. The summed E-state index contributed by atoms with van der Waals surface area (Å²) in [6.45, 7) is 1.80. The lowest BCUT2D eigenvalue weighted by Crippen LogP contribution is -2.00. The third-order valence-corrected chi connectivity index (χ3v) is 1.05. The zero-order chi connectivity index (χ0) is 4.41. The average Bonchev–Trinajstić information content (AvgIpc) is 1.86. The van der Waals surface area contributed by atoms with Crippen molar-refractivity contribution in [3.05, 3.63) is 0 Å². The summed E-state index contributed by atoms with van der Waals surface area (Å²) in [7, 11) is 0. The van der Waals surface area contributed by atoms with Crippen molar-refractivity contribution in [2.45, 2.75) is 6.42 Å². The van der Waals surface area contributed by atoms with Crippen molar-refractivity contribution in [2.75, 3.05) is 13.2 Å². The first-order valence-electron chi connectivity index (χ1n) is 1.99. The minimum atomic E-state index is 0.837. The van der Waals surface area contributed by atoms with Gasteiger partial charge >= 0.3 is 0 Å². The van der Waals surface area contributed by atoms with E-state index in [1.165, 1.54) is 0 Å². The van der Waals surface area contributed by atoms with Crippen LogP contribution < -0.4 is 0 Å². The lowest BCUT2D eigenvalue weighted by molar-refractivity contribution is -0.0151. The summed E-state index contributed by atoms with van der Waals surface area (Å²) >= 11 is 3.90. The minimum absolute atomic E-state index is 0.837. The zero-order valence-electron chi connectivity index (χ0n) is 3.42. The van der Waals surface area contributed by atoms with Gasteiger partial charge in [0.05, 0.1) is 6.61 Å². The van der Waals surface area contributed by atoms with Gasteiger partial charge in [0, 0.05) is 6.54 Å². The molecule has 2 nitrogen and oxygen atoms in total. The molecule has 0 aliphatic carbocycles. The first-order valence-corrected chi connectivity index (χ1v) is 2.39. The summed E-state index contributed by atoms with van der Waals surface area (Å²) in [5.74, 6) is 0. The lowest BCUT2D eigenvalue weighted by atomic mass is 10.5. The maximum atomic E-state index is 4.85. The van der Waals surface area contributed by atoms with E-state index in [2.05, 4.69) is 12.8 Å². The van der Waals surface area contributed by atoms with Crippen LogP contribution in [0.1, 0.15) is 6.42 Å². The van der Waals surface area contributed by atoms with E-state index in [0.29, 0.717) is 0 Å². The quantitative estimate of drug-likeness (QED) is 0.449. The molecule has 1 heterocycles. The Hall–Kier alpha value is 0.270. The smallest absolute Gasteiger partial charge is 0.0709 e. The number of hydrogen-bond donors (Lipinski definition) is 1. The van der Waals surface area contributed by atoms with Crippen LogP contribution in [0.2, 0.25) is 0 Å². The largest absolute Gasteiger partial charge is 0.289 e. The molecule has 1 fully saturated rings. The van der Waals surface area contributed by atoms with Crippen LogP contribution in [0.3, 0.4) is 0 Å². The Morgan fingerprint density at radius 3 is 2.67 bits per heavy atom. The van der Waals surface area contributed by atoms with E-state index >= 15 is 0 Å². The van der Waals surface area contributed by atoms with Gasteiger partial charge in [-0.25, -0.2) is 0 Å². The van der Waals surface area contributed by atoms with Gasteiger partial charge < -0.3 is 0 Å².